The SMILES string of the molecule is O=Cc1cccc(CNC(=O)C2CCCC2)c1. The van der Waals surface area contributed by atoms with Gasteiger partial charge in [0.15, 0.2) is 0 Å². The van der Waals surface area contributed by atoms with Gasteiger partial charge in [-0.15, -0.1) is 0 Å². The third-order valence-corrected chi connectivity index (χ3v) is 3.28. The number of hydrogen-bond donors (Lipinski definition) is 1. The van der Waals surface area contributed by atoms with Crippen LogP contribution < -0.4 is 5.32 Å². The van der Waals surface area contributed by atoms with Gasteiger partial charge in [0.25, 0.3) is 0 Å². The van der Waals surface area contributed by atoms with Crippen molar-refractivity contribution in [2.24, 2.45) is 5.92 Å². The highest BCUT2D eigenvalue weighted by molar-refractivity contribution is 5.79. The molecule has 3 nitrogen and oxygen atoms in total. The summed E-state index contributed by atoms with van der Waals surface area (Å²) in [5, 5.41) is 2.94. The van der Waals surface area contributed by atoms with Gasteiger partial charge in [0.1, 0.15) is 6.29 Å². The molecule has 0 aromatic heterocycles. The van der Waals surface area contributed by atoms with Gasteiger partial charge in [0.2, 0.25) is 5.91 Å². The summed E-state index contributed by atoms with van der Waals surface area (Å²) in [6, 6.07) is 7.32. The summed E-state index contributed by atoms with van der Waals surface area (Å²) in [4.78, 5) is 22.4. The zero-order valence-electron chi connectivity index (χ0n) is 9.82. The maximum atomic E-state index is 11.8. The minimum absolute atomic E-state index is 0.152. The fourth-order valence-electron chi connectivity index (χ4n) is 2.30. The summed E-state index contributed by atoms with van der Waals surface area (Å²) >= 11 is 0. The summed E-state index contributed by atoms with van der Waals surface area (Å²) in [5.74, 6) is 0.350. The molecule has 1 saturated carbocycles. The maximum Gasteiger partial charge on any atom is 0.223 e. The summed E-state index contributed by atoms with van der Waals surface area (Å²) in [6.07, 6.45) is 5.18. The molecule has 0 radical (unpaired) electrons. The lowest BCUT2D eigenvalue weighted by atomic mass is 10.1. The van der Waals surface area contributed by atoms with Gasteiger partial charge in [-0.1, -0.05) is 31.0 Å². The third-order valence-electron chi connectivity index (χ3n) is 3.28. The van der Waals surface area contributed by atoms with Crippen molar-refractivity contribution in [1.82, 2.24) is 5.32 Å². The molecular formula is C14H17NO2. The van der Waals surface area contributed by atoms with E-state index in [-0.39, 0.29) is 11.8 Å². The predicted octanol–water partition coefficient (Wildman–Crippen LogP) is 2.31. The van der Waals surface area contributed by atoms with E-state index >= 15 is 0 Å². The first-order valence-corrected chi connectivity index (χ1v) is 6.11. The molecule has 1 aromatic rings. The van der Waals surface area contributed by atoms with E-state index < -0.39 is 0 Å². The molecule has 2 rings (SSSR count). The lowest BCUT2D eigenvalue weighted by molar-refractivity contribution is -0.124. The minimum Gasteiger partial charge on any atom is -0.352 e. The van der Waals surface area contributed by atoms with Gasteiger partial charge < -0.3 is 5.32 Å². The molecule has 0 spiro atoms. The largest absolute Gasteiger partial charge is 0.352 e. The van der Waals surface area contributed by atoms with Crippen LogP contribution in [0.15, 0.2) is 24.3 Å². The van der Waals surface area contributed by atoms with Gasteiger partial charge in [-0.25, -0.2) is 0 Å². The first-order chi connectivity index (χ1) is 8.29. The summed E-state index contributed by atoms with van der Waals surface area (Å²) in [7, 11) is 0. The Labute approximate surface area is 101 Å². The highest BCUT2D eigenvalue weighted by Gasteiger charge is 2.21. The Morgan fingerprint density at radius 3 is 2.82 bits per heavy atom. The number of rotatable bonds is 4. The number of amides is 1. The van der Waals surface area contributed by atoms with Crippen LogP contribution in [0, 0.1) is 5.92 Å². The second-order valence-corrected chi connectivity index (χ2v) is 4.56. The molecule has 0 bridgehead atoms. The molecule has 0 unspecified atom stereocenters. The smallest absolute Gasteiger partial charge is 0.223 e. The minimum atomic E-state index is 0.152. The molecule has 0 saturated heterocycles. The Balaban J connectivity index is 1.88. The van der Waals surface area contributed by atoms with Crippen LogP contribution in [0.4, 0.5) is 0 Å². The van der Waals surface area contributed by atoms with Gasteiger partial charge in [-0.3, -0.25) is 9.59 Å². The standard InChI is InChI=1S/C14H17NO2/c16-10-12-5-3-4-11(8-12)9-15-14(17)13-6-1-2-7-13/h3-5,8,10,13H,1-2,6-7,9H2,(H,15,17). The van der Waals surface area contributed by atoms with E-state index in [4.69, 9.17) is 0 Å². The molecule has 1 fully saturated rings. The molecule has 1 amide bonds. The van der Waals surface area contributed by atoms with Gasteiger partial charge in [0, 0.05) is 18.0 Å². The first-order valence-electron chi connectivity index (χ1n) is 6.11. The molecule has 1 aromatic carbocycles. The fourth-order valence-corrected chi connectivity index (χ4v) is 2.30. The average Bonchev–Trinajstić information content (AvgIpc) is 2.90. The van der Waals surface area contributed by atoms with Crippen LogP contribution in [-0.2, 0) is 11.3 Å². The molecule has 90 valence electrons. The van der Waals surface area contributed by atoms with Gasteiger partial charge in [0.05, 0.1) is 0 Å². The molecule has 17 heavy (non-hydrogen) atoms. The van der Waals surface area contributed by atoms with E-state index in [0.717, 1.165) is 24.7 Å². The number of hydrogen-bond acceptors (Lipinski definition) is 2. The number of carbonyl (C=O) groups is 2. The zero-order chi connectivity index (χ0) is 12.1. The van der Waals surface area contributed by atoms with E-state index in [1.807, 2.05) is 18.2 Å². The first kappa shape index (κ1) is 11.8. The van der Waals surface area contributed by atoms with Crippen LogP contribution in [0.5, 0.6) is 0 Å². The average molecular weight is 231 g/mol. The zero-order valence-corrected chi connectivity index (χ0v) is 9.82. The maximum absolute atomic E-state index is 11.8. The molecular weight excluding hydrogens is 214 g/mol. The van der Waals surface area contributed by atoms with E-state index in [9.17, 15) is 9.59 Å². The van der Waals surface area contributed by atoms with E-state index in [1.54, 1.807) is 6.07 Å². The highest BCUT2D eigenvalue weighted by atomic mass is 16.1. The van der Waals surface area contributed by atoms with Crippen LogP contribution in [0.3, 0.4) is 0 Å². The van der Waals surface area contributed by atoms with Crippen molar-refractivity contribution in [3.8, 4) is 0 Å². The summed E-state index contributed by atoms with van der Waals surface area (Å²) in [6.45, 7) is 0.511. The number of benzene rings is 1. The molecule has 3 heteroatoms. The number of aldehydes is 1. The molecule has 0 atom stereocenters. The van der Waals surface area contributed by atoms with E-state index in [2.05, 4.69) is 5.32 Å². The van der Waals surface area contributed by atoms with Crippen molar-refractivity contribution in [2.45, 2.75) is 32.2 Å². The molecule has 1 aliphatic rings. The fraction of sp³-hybridized carbons (Fsp3) is 0.429. The number of nitrogens with one attached hydrogen (secondary N) is 1. The molecule has 0 heterocycles. The Kier molecular flexibility index (Phi) is 3.91. The second-order valence-electron chi connectivity index (χ2n) is 4.56. The highest BCUT2D eigenvalue weighted by Crippen LogP contribution is 2.24. The Bertz CT molecular complexity index is 408. The monoisotopic (exact) mass is 231 g/mol. The van der Waals surface area contributed by atoms with Crippen LogP contribution in [0.2, 0.25) is 0 Å². The van der Waals surface area contributed by atoms with Gasteiger partial charge >= 0.3 is 0 Å². The summed E-state index contributed by atoms with van der Waals surface area (Å²) < 4.78 is 0. The van der Waals surface area contributed by atoms with Crippen molar-refractivity contribution in [2.75, 3.05) is 0 Å². The third kappa shape index (κ3) is 3.16. The van der Waals surface area contributed by atoms with Crippen LogP contribution in [0.25, 0.3) is 0 Å². The van der Waals surface area contributed by atoms with Gasteiger partial charge in [-0.05, 0) is 24.5 Å². The van der Waals surface area contributed by atoms with Crippen LogP contribution in [-0.4, -0.2) is 12.2 Å². The quantitative estimate of drug-likeness (QED) is 0.808. The van der Waals surface area contributed by atoms with Crippen molar-refractivity contribution < 1.29 is 9.59 Å². The predicted molar refractivity (Wildman–Crippen MR) is 65.6 cm³/mol. The topological polar surface area (TPSA) is 46.2 Å². The normalized spacial score (nSPS) is 15.8. The van der Waals surface area contributed by atoms with Crippen LogP contribution in [0.1, 0.15) is 41.6 Å². The second kappa shape index (κ2) is 5.62. The summed E-state index contributed by atoms with van der Waals surface area (Å²) in [5.41, 5.74) is 1.62. The Morgan fingerprint density at radius 2 is 2.12 bits per heavy atom. The van der Waals surface area contributed by atoms with Crippen molar-refractivity contribution in [1.29, 1.82) is 0 Å². The number of carbonyl (C=O) groups excluding carboxylic acids is 2. The van der Waals surface area contributed by atoms with E-state index in [1.165, 1.54) is 12.8 Å². The van der Waals surface area contributed by atoms with Crippen LogP contribution >= 0.6 is 0 Å². The molecule has 0 aliphatic heterocycles. The van der Waals surface area contributed by atoms with Crippen molar-refractivity contribution in [3.63, 3.8) is 0 Å². The van der Waals surface area contributed by atoms with Crippen molar-refractivity contribution >= 4 is 12.2 Å². The molecule has 1 aliphatic carbocycles. The van der Waals surface area contributed by atoms with E-state index in [0.29, 0.717) is 12.1 Å². The lowest BCUT2D eigenvalue weighted by Gasteiger charge is -2.10. The molecule has 1 N–H and O–H groups in total. The Hall–Kier alpha value is -1.64. The van der Waals surface area contributed by atoms with Crippen molar-refractivity contribution in [3.05, 3.63) is 35.4 Å². The Morgan fingerprint density at radius 1 is 1.35 bits per heavy atom. The lowest BCUT2D eigenvalue weighted by Crippen LogP contribution is -2.28. The van der Waals surface area contributed by atoms with Gasteiger partial charge in [-0.2, -0.15) is 0 Å².